The highest BCUT2D eigenvalue weighted by molar-refractivity contribution is 6.00. The Morgan fingerprint density at radius 2 is 1.71 bits per heavy atom. The zero-order valence-corrected chi connectivity index (χ0v) is 16.4. The Bertz CT molecular complexity index is 956. The van der Waals surface area contributed by atoms with Gasteiger partial charge in [0.2, 0.25) is 0 Å². The zero-order chi connectivity index (χ0) is 19.5. The number of rotatable bonds is 4. The van der Waals surface area contributed by atoms with Gasteiger partial charge in [-0.05, 0) is 44.5 Å². The van der Waals surface area contributed by atoms with Gasteiger partial charge in [-0.3, -0.25) is 4.79 Å². The molecule has 1 aromatic heterocycles. The van der Waals surface area contributed by atoms with Crippen LogP contribution in [0.15, 0.2) is 60.8 Å². The predicted octanol–water partition coefficient (Wildman–Crippen LogP) is 3.67. The van der Waals surface area contributed by atoms with Crippen LogP contribution in [0.4, 0.5) is 0 Å². The summed E-state index contributed by atoms with van der Waals surface area (Å²) in [6.45, 7) is 3.60. The van der Waals surface area contributed by atoms with Gasteiger partial charge < -0.3 is 10.2 Å². The zero-order valence-electron chi connectivity index (χ0n) is 16.4. The summed E-state index contributed by atoms with van der Waals surface area (Å²) in [5.41, 5.74) is 4.49. The average Bonchev–Trinajstić information content (AvgIpc) is 3.19. The van der Waals surface area contributed by atoms with Crippen molar-refractivity contribution in [1.29, 1.82) is 0 Å². The fourth-order valence-corrected chi connectivity index (χ4v) is 3.82. The number of amides is 1. The number of carbonyl (C=O) groups is 1. The Morgan fingerprint density at radius 3 is 2.39 bits per heavy atom. The molecule has 1 fully saturated rings. The molecule has 5 nitrogen and oxygen atoms in total. The van der Waals surface area contributed by atoms with E-state index in [0.717, 1.165) is 48.4 Å². The van der Waals surface area contributed by atoms with Gasteiger partial charge in [-0.1, -0.05) is 42.5 Å². The summed E-state index contributed by atoms with van der Waals surface area (Å²) in [6, 6.07) is 18.5. The van der Waals surface area contributed by atoms with Crippen LogP contribution in [0.5, 0.6) is 0 Å². The Balaban J connectivity index is 1.74. The normalized spacial score (nSPS) is 15.0. The SMILES string of the molecule is CNC1CCN(C(=O)c2cn(-c3ccccc3)nc2-c2ccccc2C)CC1. The van der Waals surface area contributed by atoms with Gasteiger partial charge in [-0.25, -0.2) is 4.68 Å². The third-order valence-electron chi connectivity index (χ3n) is 5.56. The molecule has 1 amide bonds. The van der Waals surface area contributed by atoms with Gasteiger partial charge in [0.25, 0.3) is 5.91 Å². The molecule has 0 spiro atoms. The summed E-state index contributed by atoms with van der Waals surface area (Å²) < 4.78 is 1.81. The Labute approximate surface area is 166 Å². The molecule has 0 bridgehead atoms. The summed E-state index contributed by atoms with van der Waals surface area (Å²) in [4.78, 5) is 15.4. The number of hydrogen-bond donors (Lipinski definition) is 1. The minimum absolute atomic E-state index is 0.0648. The van der Waals surface area contributed by atoms with Crippen LogP contribution in [-0.4, -0.2) is 46.8 Å². The molecule has 2 heterocycles. The number of likely N-dealkylation sites (tertiary alicyclic amines) is 1. The standard InChI is InChI=1S/C23H26N4O/c1-17-8-6-7-11-20(17)22-21(16-27(25-22)19-9-4-3-5-10-19)23(28)26-14-12-18(24-2)13-15-26/h3-11,16,18,24H,12-15H2,1-2H3. The molecule has 28 heavy (non-hydrogen) atoms. The van der Waals surface area contributed by atoms with Crippen molar-refractivity contribution in [2.45, 2.75) is 25.8 Å². The molecule has 144 valence electrons. The van der Waals surface area contributed by atoms with Gasteiger partial charge in [-0.2, -0.15) is 5.10 Å². The first kappa shape index (κ1) is 18.4. The maximum absolute atomic E-state index is 13.4. The van der Waals surface area contributed by atoms with Crippen molar-refractivity contribution < 1.29 is 4.79 Å². The molecule has 0 saturated carbocycles. The second-order valence-corrected chi connectivity index (χ2v) is 7.34. The maximum Gasteiger partial charge on any atom is 0.257 e. The van der Waals surface area contributed by atoms with Crippen LogP contribution in [0.3, 0.4) is 0 Å². The summed E-state index contributed by atoms with van der Waals surface area (Å²) in [6.07, 6.45) is 3.84. The van der Waals surface area contributed by atoms with E-state index in [9.17, 15) is 4.79 Å². The van der Waals surface area contributed by atoms with Crippen molar-refractivity contribution in [1.82, 2.24) is 20.0 Å². The number of piperidine rings is 1. The number of para-hydroxylation sites is 1. The highest BCUT2D eigenvalue weighted by Crippen LogP contribution is 2.28. The molecule has 4 rings (SSSR count). The minimum Gasteiger partial charge on any atom is -0.338 e. The van der Waals surface area contributed by atoms with E-state index < -0.39 is 0 Å². The van der Waals surface area contributed by atoms with E-state index in [1.807, 2.05) is 71.4 Å². The molecule has 0 aliphatic carbocycles. The molecule has 0 radical (unpaired) electrons. The third kappa shape index (κ3) is 3.58. The van der Waals surface area contributed by atoms with E-state index in [-0.39, 0.29) is 5.91 Å². The Hall–Kier alpha value is -2.92. The molecule has 3 aromatic rings. The third-order valence-corrected chi connectivity index (χ3v) is 5.56. The highest BCUT2D eigenvalue weighted by atomic mass is 16.2. The van der Waals surface area contributed by atoms with Crippen molar-refractivity contribution in [2.75, 3.05) is 20.1 Å². The first-order valence-electron chi connectivity index (χ1n) is 9.85. The van der Waals surface area contributed by atoms with Crippen LogP contribution in [-0.2, 0) is 0 Å². The van der Waals surface area contributed by atoms with E-state index in [2.05, 4.69) is 18.3 Å². The fraction of sp³-hybridized carbons (Fsp3) is 0.304. The van der Waals surface area contributed by atoms with E-state index in [1.54, 1.807) is 0 Å². The number of carbonyl (C=O) groups excluding carboxylic acids is 1. The monoisotopic (exact) mass is 374 g/mol. The van der Waals surface area contributed by atoms with Gasteiger partial charge in [0.1, 0.15) is 5.69 Å². The van der Waals surface area contributed by atoms with Crippen LogP contribution in [0.2, 0.25) is 0 Å². The summed E-state index contributed by atoms with van der Waals surface area (Å²) in [7, 11) is 1.99. The molecule has 5 heteroatoms. The number of hydrogen-bond acceptors (Lipinski definition) is 3. The van der Waals surface area contributed by atoms with Gasteiger partial charge >= 0.3 is 0 Å². The molecular weight excluding hydrogens is 348 g/mol. The average molecular weight is 374 g/mol. The van der Waals surface area contributed by atoms with Crippen molar-refractivity contribution in [2.24, 2.45) is 0 Å². The number of nitrogens with zero attached hydrogens (tertiary/aromatic N) is 3. The quantitative estimate of drug-likeness (QED) is 0.758. The van der Waals surface area contributed by atoms with Gasteiger partial charge in [0, 0.05) is 30.9 Å². The van der Waals surface area contributed by atoms with E-state index >= 15 is 0 Å². The molecule has 0 unspecified atom stereocenters. The fourth-order valence-electron chi connectivity index (χ4n) is 3.82. The van der Waals surface area contributed by atoms with Crippen molar-refractivity contribution >= 4 is 5.91 Å². The molecule has 1 N–H and O–H groups in total. The Morgan fingerprint density at radius 1 is 1.04 bits per heavy atom. The lowest BCUT2D eigenvalue weighted by molar-refractivity contribution is 0.0708. The summed E-state index contributed by atoms with van der Waals surface area (Å²) >= 11 is 0. The molecule has 2 aromatic carbocycles. The topological polar surface area (TPSA) is 50.2 Å². The number of aromatic nitrogens is 2. The van der Waals surface area contributed by atoms with Crippen LogP contribution in [0, 0.1) is 6.92 Å². The largest absolute Gasteiger partial charge is 0.338 e. The van der Waals surface area contributed by atoms with Crippen LogP contribution >= 0.6 is 0 Å². The van der Waals surface area contributed by atoms with Gasteiger partial charge in [0.05, 0.1) is 11.3 Å². The first-order chi connectivity index (χ1) is 13.7. The Kier molecular flexibility index (Phi) is 5.26. The van der Waals surface area contributed by atoms with E-state index in [4.69, 9.17) is 5.10 Å². The lowest BCUT2D eigenvalue weighted by Crippen LogP contribution is -2.44. The molecular formula is C23H26N4O. The van der Waals surface area contributed by atoms with Gasteiger partial charge in [-0.15, -0.1) is 0 Å². The molecule has 1 saturated heterocycles. The summed E-state index contributed by atoms with van der Waals surface area (Å²) in [5.74, 6) is 0.0648. The van der Waals surface area contributed by atoms with Crippen LogP contribution in [0.25, 0.3) is 16.9 Å². The molecule has 1 aliphatic rings. The van der Waals surface area contributed by atoms with Crippen molar-refractivity contribution in [3.63, 3.8) is 0 Å². The molecule has 1 aliphatic heterocycles. The second kappa shape index (κ2) is 7.98. The van der Waals surface area contributed by atoms with Crippen LogP contribution < -0.4 is 5.32 Å². The smallest absolute Gasteiger partial charge is 0.257 e. The number of aryl methyl sites for hydroxylation is 1. The maximum atomic E-state index is 13.4. The van der Waals surface area contributed by atoms with E-state index in [1.165, 1.54) is 0 Å². The lowest BCUT2D eigenvalue weighted by Gasteiger charge is -2.31. The van der Waals surface area contributed by atoms with E-state index in [0.29, 0.717) is 11.6 Å². The number of benzene rings is 2. The molecule has 0 atom stereocenters. The van der Waals surface area contributed by atoms with Gasteiger partial charge in [0.15, 0.2) is 0 Å². The lowest BCUT2D eigenvalue weighted by atomic mass is 10.0. The minimum atomic E-state index is 0.0648. The second-order valence-electron chi connectivity index (χ2n) is 7.34. The first-order valence-corrected chi connectivity index (χ1v) is 9.85. The van der Waals surface area contributed by atoms with Crippen LogP contribution in [0.1, 0.15) is 28.8 Å². The number of nitrogens with one attached hydrogen (secondary N) is 1. The highest BCUT2D eigenvalue weighted by Gasteiger charge is 2.27. The van der Waals surface area contributed by atoms with Crippen molar-refractivity contribution in [3.8, 4) is 16.9 Å². The summed E-state index contributed by atoms with van der Waals surface area (Å²) in [5, 5.41) is 8.13. The predicted molar refractivity (Wildman–Crippen MR) is 112 cm³/mol. The van der Waals surface area contributed by atoms with Crippen molar-refractivity contribution in [3.05, 3.63) is 71.9 Å².